The Morgan fingerprint density at radius 2 is 1.44 bits per heavy atom. The molecule has 4 aromatic carbocycles. The van der Waals surface area contributed by atoms with Crippen LogP contribution in [0.2, 0.25) is 0 Å². The molecule has 204 valence electrons. The van der Waals surface area contributed by atoms with Crippen molar-refractivity contribution in [1.82, 2.24) is 14.9 Å². The highest BCUT2D eigenvalue weighted by Crippen LogP contribution is 2.46. The number of hydrogen-bond acceptors (Lipinski definition) is 2. The molecule has 1 heterocycles. The number of carbonyl (C=O) groups is 1. The van der Waals surface area contributed by atoms with Crippen molar-refractivity contribution in [3.05, 3.63) is 137 Å². The molecule has 0 atom stereocenters. The zero-order chi connectivity index (χ0) is 28.0. The Hall–Kier alpha value is -4.70. The molecule has 0 aliphatic heterocycles. The van der Waals surface area contributed by atoms with E-state index in [1.165, 1.54) is 22.3 Å². The van der Waals surface area contributed by atoms with Crippen LogP contribution in [0.4, 0.5) is 0 Å². The van der Waals surface area contributed by atoms with Crippen molar-refractivity contribution in [1.29, 1.82) is 0 Å². The lowest BCUT2D eigenvalue weighted by Gasteiger charge is -2.13. The predicted octanol–water partition coefficient (Wildman–Crippen LogP) is 6.54. The van der Waals surface area contributed by atoms with E-state index in [0.29, 0.717) is 18.0 Å². The van der Waals surface area contributed by atoms with E-state index in [9.17, 15) is 4.79 Å². The van der Waals surface area contributed by atoms with E-state index >= 15 is 0 Å². The fourth-order valence-electron chi connectivity index (χ4n) is 6.12. The molecule has 0 unspecified atom stereocenters. The minimum Gasteiger partial charge on any atom is -0.348 e. The van der Waals surface area contributed by atoms with E-state index in [2.05, 4.69) is 69.5 Å². The maximum absolute atomic E-state index is 13.2. The molecule has 1 aliphatic rings. The number of aryl methyl sites for hydroxylation is 1. The third-order valence-corrected chi connectivity index (χ3v) is 8.10. The third-order valence-electron chi connectivity index (χ3n) is 8.10. The summed E-state index contributed by atoms with van der Waals surface area (Å²) < 4.78 is 2.22. The van der Waals surface area contributed by atoms with Crippen molar-refractivity contribution >= 4 is 18.1 Å². The molecule has 0 fully saturated rings. The van der Waals surface area contributed by atoms with Gasteiger partial charge in [-0.25, -0.2) is 4.98 Å². The van der Waals surface area contributed by atoms with Crippen LogP contribution in [-0.4, -0.2) is 22.0 Å². The zero-order valence-electron chi connectivity index (χ0n) is 23.5. The van der Waals surface area contributed by atoms with Gasteiger partial charge in [-0.15, -0.1) is 0 Å². The minimum absolute atomic E-state index is 0.0778. The maximum atomic E-state index is 13.2. The summed E-state index contributed by atoms with van der Waals surface area (Å²) in [5.74, 6) is 0.385. The first-order valence-corrected chi connectivity index (χ1v) is 14.5. The van der Waals surface area contributed by atoms with Crippen LogP contribution in [0.5, 0.6) is 0 Å². The smallest absolute Gasteiger partial charge is 0.252 e. The summed E-state index contributed by atoms with van der Waals surface area (Å²) in [5.41, 5.74) is 8.33. The van der Waals surface area contributed by atoms with Crippen LogP contribution in [0.15, 0.2) is 109 Å². The Labute approximate surface area is 241 Å². The first-order chi connectivity index (χ1) is 20.2. The first-order valence-electron chi connectivity index (χ1n) is 14.5. The topological polar surface area (TPSA) is 46.9 Å². The van der Waals surface area contributed by atoms with Gasteiger partial charge < -0.3 is 9.88 Å². The van der Waals surface area contributed by atoms with Crippen LogP contribution in [0, 0.1) is 0 Å². The number of carbonyl (C=O) groups excluding carboxylic acids is 1. The Balaban J connectivity index is 1.11. The average molecular weight is 538 g/mol. The molecule has 6 rings (SSSR count). The molecular weight excluding hydrogens is 502 g/mol. The van der Waals surface area contributed by atoms with Gasteiger partial charge in [-0.05, 0) is 65.3 Å². The van der Waals surface area contributed by atoms with Crippen LogP contribution in [0.25, 0.3) is 34.4 Å². The van der Waals surface area contributed by atoms with Crippen LogP contribution < -0.4 is 16.0 Å². The number of amides is 1. The highest BCUT2D eigenvalue weighted by Gasteiger charge is 2.27. The SMILES string of the molecule is C/C=c1/ncn(CCCCC2c3ccccc3-c3ccccc32)/c1=C/CNC(=O)c1ccccc1-c1ccccc1. The molecule has 0 saturated carbocycles. The molecule has 1 aromatic heterocycles. The second kappa shape index (κ2) is 12.2. The standard InChI is InChI=1S/C37H35N3O/c1-2-35-36(23-24-38-37(41)34-22-11-6-16-28(34)27-14-4-3-5-15-27)40(26-39-35)25-13-12-21-33-31-19-9-7-17-29(31)30-18-8-10-20-32(30)33/h2-11,14-20,22-23,26,33H,12-13,21,24-25H2,1H3,(H,38,41)/b35-2+,36-23+. The molecule has 5 aromatic rings. The van der Waals surface area contributed by atoms with Gasteiger partial charge in [0.05, 0.1) is 17.0 Å². The van der Waals surface area contributed by atoms with E-state index in [4.69, 9.17) is 0 Å². The van der Waals surface area contributed by atoms with Gasteiger partial charge in [0.1, 0.15) is 0 Å². The van der Waals surface area contributed by atoms with Crippen LogP contribution in [-0.2, 0) is 6.54 Å². The Bertz CT molecular complexity index is 1740. The molecule has 4 heteroatoms. The Kier molecular flexibility index (Phi) is 7.90. The fraction of sp³-hybridized carbons (Fsp3) is 0.189. The molecule has 0 radical (unpaired) electrons. The number of rotatable bonds is 9. The average Bonchev–Trinajstić information content (AvgIpc) is 3.57. The van der Waals surface area contributed by atoms with E-state index in [1.54, 1.807) is 0 Å². The number of nitrogens with zero attached hydrogens (tertiary/aromatic N) is 2. The van der Waals surface area contributed by atoms with Crippen molar-refractivity contribution < 1.29 is 4.79 Å². The van der Waals surface area contributed by atoms with Gasteiger partial charge in [-0.3, -0.25) is 4.79 Å². The van der Waals surface area contributed by atoms with Crippen LogP contribution in [0.3, 0.4) is 0 Å². The number of nitrogens with one attached hydrogen (secondary N) is 1. The molecule has 4 nitrogen and oxygen atoms in total. The lowest BCUT2D eigenvalue weighted by Crippen LogP contribution is -2.33. The Morgan fingerprint density at radius 3 is 2.15 bits per heavy atom. The summed E-state index contributed by atoms with van der Waals surface area (Å²) in [6.45, 7) is 3.34. The monoisotopic (exact) mass is 537 g/mol. The molecule has 0 spiro atoms. The van der Waals surface area contributed by atoms with E-state index in [-0.39, 0.29) is 5.91 Å². The second-order valence-electron chi connectivity index (χ2n) is 10.5. The number of fused-ring (bicyclic) bond motifs is 3. The summed E-state index contributed by atoms with van der Waals surface area (Å²) in [6, 6.07) is 35.5. The largest absolute Gasteiger partial charge is 0.348 e. The molecule has 0 saturated heterocycles. The van der Waals surface area contributed by atoms with Crippen molar-refractivity contribution in [2.24, 2.45) is 0 Å². The van der Waals surface area contributed by atoms with Gasteiger partial charge in [0.15, 0.2) is 0 Å². The zero-order valence-corrected chi connectivity index (χ0v) is 23.5. The molecule has 41 heavy (non-hydrogen) atoms. The summed E-state index contributed by atoms with van der Waals surface area (Å²) in [7, 11) is 0. The highest BCUT2D eigenvalue weighted by molar-refractivity contribution is 6.01. The van der Waals surface area contributed by atoms with Gasteiger partial charge >= 0.3 is 0 Å². The quantitative estimate of drug-likeness (QED) is 0.217. The first kappa shape index (κ1) is 26.5. The van der Waals surface area contributed by atoms with Crippen LogP contribution >= 0.6 is 0 Å². The van der Waals surface area contributed by atoms with Gasteiger partial charge in [0.2, 0.25) is 0 Å². The highest BCUT2D eigenvalue weighted by atomic mass is 16.1. The fourth-order valence-corrected chi connectivity index (χ4v) is 6.12. The van der Waals surface area contributed by atoms with Crippen LogP contribution in [0.1, 0.15) is 53.6 Å². The lowest BCUT2D eigenvalue weighted by molar-refractivity contribution is 0.0959. The number of aromatic nitrogens is 2. The second-order valence-corrected chi connectivity index (χ2v) is 10.5. The number of unbranched alkanes of at least 4 members (excludes halogenated alkanes) is 1. The van der Waals surface area contributed by atoms with Crippen molar-refractivity contribution in [2.75, 3.05) is 6.54 Å². The van der Waals surface area contributed by atoms with Gasteiger partial charge in [0, 0.05) is 24.6 Å². The minimum atomic E-state index is -0.0778. The normalized spacial score (nSPS) is 13.3. The molecule has 1 amide bonds. The van der Waals surface area contributed by atoms with Crippen molar-refractivity contribution in [2.45, 2.75) is 38.6 Å². The summed E-state index contributed by atoms with van der Waals surface area (Å²) in [6.07, 6.45) is 9.36. The Morgan fingerprint density at radius 1 is 0.805 bits per heavy atom. The van der Waals surface area contributed by atoms with Crippen molar-refractivity contribution in [3.8, 4) is 22.3 Å². The van der Waals surface area contributed by atoms with Gasteiger partial charge in [-0.1, -0.05) is 110 Å². The molecule has 1 aliphatic carbocycles. The van der Waals surface area contributed by atoms with Gasteiger partial charge in [-0.2, -0.15) is 0 Å². The molecular formula is C37H35N3O. The van der Waals surface area contributed by atoms with Gasteiger partial charge in [0.25, 0.3) is 5.91 Å². The summed E-state index contributed by atoms with van der Waals surface area (Å²) in [4.78, 5) is 17.8. The summed E-state index contributed by atoms with van der Waals surface area (Å²) in [5, 5.41) is 5.10. The number of hydrogen-bond donors (Lipinski definition) is 1. The number of imidazole rings is 1. The van der Waals surface area contributed by atoms with E-state index < -0.39 is 0 Å². The van der Waals surface area contributed by atoms with E-state index in [1.807, 2.05) is 73.9 Å². The molecule has 0 bridgehead atoms. The van der Waals surface area contributed by atoms with E-state index in [0.717, 1.165) is 47.6 Å². The number of benzene rings is 4. The maximum Gasteiger partial charge on any atom is 0.252 e. The van der Waals surface area contributed by atoms with Crippen molar-refractivity contribution in [3.63, 3.8) is 0 Å². The summed E-state index contributed by atoms with van der Waals surface area (Å²) >= 11 is 0. The third kappa shape index (κ3) is 5.51. The molecule has 1 N–H and O–H groups in total. The lowest BCUT2D eigenvalue weighted by atomic mass is 9.91. The predicted molar refractivity (Wildman–Crippen MR) is 168 cm³/mol.